The Hall–Kier alpha value is -2.28. The van der Waals surface area contributed by atoms with Crippen LogP contribution in [-0.2, 0) is 11.3 Å². The molecule has 0 bridgehead atoms. The van der Waals surface area contributed by atoms with Gasteiger partial charge in [0.25, 0.3) is 0 Å². The zero-order valence-corrected chi connectivity index (χ0v) is 18.4. The van der Waals surface area contributed by atoms with E-state index in [-0.39, 0.29) is 5.82 Å². The minimum atomic E-state index is -0.215. The number of aromatic nitrogens is 1. The van der Waals surface area contributed by atoms with Crippen LogP contribution in [-0.4, -0.2) is 42.3 Å². The molecule has 1 aliphatic rings. The molecule has 6 heteroatoms. The minimum absolute atomic E-state index is 0.215. The second kappa shape index (κ2) is 9.69. The molecule has 0 radical (unpaired) electrons. The molecule has 1 fully saturated rings. The molecule has 2 aromatic carbocycles. The van der Waals surface area contributed by atoms with Crippen LogP contribution in [0.25, 0.3) is 11.3 Å². The SMILES string of the molecule is Cc1ccc(C)c(N=c2scc(-c3ccc(F)cc3)n2CCCN2CCOCC2)c1. The molecule has 158 valence electrons. The Balaban J connectivity index is 1.66. The molecule has 4 nitrogen and oxygen atoms in total. The Bertz CT molecular complexity index is 1050. The van der Waals surface area contributed by atoms with Crippen molar-refractivity contribution in [1.82, 2.24) is 9.47 Å². The van der Waals surface area contributed by atoms with Crippen LogP contribution in [0, 0.1) is 19.7 Å². The molecule has 1 aromatic heterocycles. The van der Waals surface area contributed by atoms with E-state index >= 15 is 0 Å². The number of nitrogens with zero attached hydrogens (tertiary/aromatic N) is 3. The van der Waals surface area contributed by atoms with Crippen molar-refractivity contribution in [1.29, 1.82) is 0 Å². The third kappa shape index (κ3) is 5.06. The average Bonchev–Trinajstić information content (AvgIpc) is 3.14. The largest absolute Gasteiger partial charge is 0.379 e. The third-order valence-electron chi connectivity index (χ3n) is 5.48. The first-order valence-electron chi connectivity index (χ1n) is 10.5. The first kappa shape index (κ1) is 21.0. The van der Waals surface area contributed by atoms with Gasteiger partial charge in [-0.2, -0.15) is 0 Å². The van der Waals surface area contributed by atoms with Crippen molar-refractivity contribution >= 4 is 17.0 Å². The number of benzene rings is 2. The highest BCUT2D eigenvalue weighted by Gasteiger charge is 2.12. The van der Waals surface area contributed by atoms with Crippen molar-refractivity contribution in [2.75, 3.05) is 32.8 Å². The fourth-order valence-corrected chi connectivity index (χ4v) is 4.65. The molecule has 0 saturated carbocycles. The Labute approximate surface area is 181 Å². The van der Waals surface area contributed by atoms with Gasteiger partial charge in [-0.05, 0) is 67.3 Å². The number of morpholine rings is 1. The van der Waals surface area contributed by atoms with Crippen molar-refractivity contribution < 1.29 is 9.13 Å². The van der Waals surface area contributed by atoms with Crippen LogP contribution in [0.2, 0.25) is 0 Å². The Morgan fingerprint density at radius 1 is 1.03 bits per heavy atom. The summed E-state index contributed by atoms with van der Waals surface area (Å²) in [5.74, 6) is -0.215. The first-order chi connectivity index (χ1) is 14.6. The van der Waals surface area contributed by atoms with Gasteiger partial charge in [0, 0.05) is 31.6 Å². The van der Waals surface area contributed by atoms with E-state index in [9.17, 15) is 4.39 Å². The molecule has 1 saturated heterocycles. The predicted molar refractivity (Wildman–Crippen MR) is 121 cm³/mol. The quantitative estimate of drug-likeness (QED) is 0.561. The molecule has 0 atom stereocenters. The van der Waals surface area contributed by atoms with Gasteiger partial charge in [-0.1, -0.05) is 12.1 Å². The van der Waals surface area contributed by atoms with Crippen molar-refractivity contribution in [3.8, 4) is 11.3 Å². The number of thiazole rings is 1. The highest BCUT2D eigenvalue weighted by Crippen LogP contribution is 2.23. The smallest absolute Gasteiger partial charge is 0.190 e. The topological polar surface area (TPSA) is 29.8 Å². The summed E-state index contributed by atoms with van der Waals surface area (Å²) in [7, 11) is 0. The van der Waals surface area contributed by atoms with Gasteiger partial charge in [0.1, 0.15) is 5.82 Å². The maximum atomic E-state index is 13.4. The Morgan fingerprint density at radius 3 is 2.57 bits per heavy atom. The predicted octanol–water partition coefficient (Wildman–Crippen LogP) is 4.93. The summed E-state index contributed by atoms with van der Waals surface area (Å²) in [5.41, 5.74) is 5.47. The summed E-state index contributed by atoms with van der Waals surface area (Å²) in [6.07, 6.45) is 1.03. The third-order valence-corrected chi connectivity index (χ3v) is 6.34. The van der Waals surface area contributed by atoms with Crippen molar-refractivity contribution in [3.63, 3.8) is 0 Å². The van der Waals surface area contributed by atoms with Crippen LogP contribution in [0.3, 0.4) is 0 Å². The molecular formula is C24H28FN3OS. The van der Waals surface area contributed by atoms with Crippen molar-refractivity contribution in [3.05, 3.63) is 69.6 Å². The molecule has 0 spiro atoms. The van der Waals surface area contributed by atoms with Crippen LogP contribution in [0.15, 0.2) is 52.8 Å². The van der Waals surface area contributed by atoms with E-state index in [1.165, 1.54) is 17.7 Å². The first-order valence-corrected chi connectivity index (χ1v) is 11.3. The van der Waals surface area contributed by atoms with Gasteiger partial charge < -0.3 is 9.30 Å². The van der Waals surface area contributed by atoms with E-state index in [0.29, 0.717) is 0 Å². The van der Waals surface area contributed by atoms with Gasteiger partial charge >= 0.3 is 0 Å². The maximum Gasteiger partial charge on any atom is 0.190 e. The lowest BCUT2D eigenvalue weighted by Gasteiger charge is -2.26. The molecule has 0 aliphatic carbocycles. The fourth-order valence-electron chi connectivity index (χ4n) is 3.71. The summed E-state index contributed by atoms with van der Waals surface area (Å²) in [6, 6.07) is 13.1. The highest BCUT2D eigenvalue weighted by atomic mass is 32.1. The standard InChI is InChI=1S/C24H28FN3OS/c1-18-4-5-19(2)22(16-18)26-24-28(11-3-10-27-12-14-29-15-13-27)23(17-30-24)20-6-8-21(25)9-7-20/h4-9,16-17H,3,10-15H2,1-2H3. The maximum absolute atomic E-state index is 13.4. The Kier molecular flexibility index (Phi) is 6.77. The average molecular weight is 426 g/mol. The van der Waals surface area contributed by atoms with Gasteiger partial charge in [0.05, 0.1) is 24.6 Å². The van der Waals surface area contributed by atoms with E-state index in [1.807, 2.05) is 12.1 Å². The lowest BCUT2D eigenvalue weighted by Crippen LogP contribution is -2.37. The van der Waals surface area contributed by atoms with Gasteiger partial charge in [0.2, 0.25) is 0 Å². The second-order valence-corrected chi connectivity index (χ2v) is 8.61. The second-order valence-electron chi connectivity index (χ2n) is 7.77. The summed E-state index contributed by atoms with van der Waals surface area (Å²) in [4.78, 5) is 8.44. The monoisotopic (exact) mass is 425 g/mol. The van der Waals surface area contributed by atoms with E-state index in [0.717, 1.165) is 73.1 Å². The number of ether oxygens (including phenoxy) is 1. The number of rotatable bonds is 6. The minimum Gasteiger partial charge on any atom is -0.379 e. The van der Waals surface area contributed by atoms with Gasteiger partial charge in [-0.15, -0.1) is 11.3 Å². The summed E-state index contributed by atoms with van der Waals surface area (Å²) in [5, 5.41) is 2.13. The number of hydrogen-bond donors (Lipinski definition) is 0. The lowest BCUT2D eigenvalue weighted by molar-refractivity contribution is 0.0369. The molecule has 0 amide bonds. The van der Waals surface area contributed by atoms with Gasteiger partial charge in [0.15, 0.2) is 4.80 Å². The number of hydrogen-bond acceptors (Lipinski definition) is 4. The van der Waals surface area contributed by atoms with E-state index < -0.39 is 0 Å². The number of halogens is 1. The zero-order chi connectivity index (χ0) is 20.9. The van der Waals surface area contributed by atoms with Crippen molar-refractivity contribution in [2.24, 2.45) is 4.99 Å². The van der Waals surface area contributed by atoms with Crippen LogP contribution in [0.5, 0.6) is 0 Å². The number of aryl methyl sites for hydroxylation is 2. The molecule has 3 aromatic rings. The molecular weight excluding hydrogens is 397 g/mol. The molecule has 30 heavy (non-hydrogen) atoms. The summed E-state index contributed by atoms with van der Waals surface area (Å²) in [6.45, 7) is 9.73. The van der Waals surface area contributed by atoms with E-state index in [1.54, 1.807) is 11.3 Å². The molecule has 1 aliphatic heterocycles. The van der Waals surface area contributed by atoms with Crippen LogP contribution >= 0.6 is 11.3 Å². The fraction of sp³-hybridized carbons (Fsp3) is 0.375. The van der Waals surface area contributed by atoms with Crippen LogP contribution in [0.4, 0.5) is 10.1 Å². The van der Waals surface area contributed by atoms with Crippen LogP contribution < -0.4 is 4.80 Å². The summed E-state index contributed by atoms with van der Waals surface area (Å²) < 4.78 is 21.2. The van der Waals surface area contributed by atoms with Crippen molar-refractivity contribution in [2.45, 2.75) is 26.8 Å². The van der Waals surface area contributed by atoms with E-state index in [4.69, 9.17) is 9.73 Å². The molecule has 0 unspecified atom stereocenters. The molecule has 2 heterocycles. The normalized spacial score (nSPS) is 15.6. The molecule has 0 N–H and O–H groups in total. The summed E-state index contributed by atoms with van der Waals surface area (Å²) >= 11 is 1.64. The highest BCUT2D eigenvalue weighted by molar-refractivity contribution is 7.07. The lowest BCUT2D eigenvalue weighted by atomic mass is 10.1. The van der Waals surface area contributed by atoms with Gasteiger partial charge in [-0.3, -0.25) is 4.90 Å². The van der Waals surface area contributed by atoms with Gasteiger partial charge in [-0.25, -0.2) is 9.38 Å². The Morgan fingerprint density at radius 2 is 1.80 bits per heavy atom. The van der Waals surface area contributed by atoms with Crippen LogP contribution in [0.1, 0.15) is 17.5 Å². The van der Waals surface area contributed by atoms with E-state index in [2.05, 4.69) is 46.9 Å². The molecule has 4 rings (SSSR count). The zero-order valence-electron chi connectivity index (χ0n) is 17.6.